The summed E-state index contributed by atoms with van der Waals surface area (Å²) in [5.74, 6) is -0.177. The van der Waals surface area contributed by atoms with Gasteiger partial charge in [-0.2, -0.15) is 0 Å². The molecule has 1 aliphatic carbocycles. The van der Waals surface area contributed by atoms with Crippen LogP contribution in [0.25, 0.3) is 0 Å². The molecule has 132 valence electrons. The minimum Gasteiger partial charge on any atom is -0.386 e. The van der Waals surface area contributed by atoms with E-state index in [0.29, 0.717) is 0 Å². The lowest BCUT2D eigenvalue weighted by Crippen LogP contribution is -2.33. The quantitative estimate of drug-likeness (QED) is 0.291. The number of anilines is 1. The van der Waals surface area contributed by atoms with Crippen LogP contribution in [0.15, 0.2) is 23.4 Å². The number of alkyl halides is 1. The van der Waals surface area contributed by atoms with Gasteiger partial charge in [0.2, 0.25) is 0 Å². The number of benzene rings is 1. The fraction of sp³-hybridized carbons (Fsp3) is 0.579. The lowest BCUT2D eigenvalue weighted by atomic mass is 9.73. The van der Waals surface area contributed by atoms with Crippen LogP contribution in [0, 0.1) is 19.3 Å². The van der Waals surface area contributed by atoms with Crippen LogP contribution in [0.2, 0.25) is 0 Å². The predicted octanol–water partition coefficient (Wildman–Crippen LogP) is 5.02. The van der Waals surface area contributed by atoms with E-state index in [2.05, 4.69) is 39.1 Å². The van der Waals surface area contributed by atoms with Crippen LogP contribution in [0.5, 0.6) is 0 Å². The Morgan fingerprint density at radius 2 is 1.83 bits per heavy atom. The minimum absolute atomic E-state index is 0.0539. The number of rotatable bonds is 6. The summed E-state index contributed by atoms with van der Waals surface area (Å²) in [6, 6.07) is 5.98. The van der Waals surface area contributed by atoms with Crippen molar-refractivity contribution in [3.8, 4) is 0 Å². The van der Waals surface area contributed by atoms with Gasteiger partial charge in [-0.05, 0) is 56.9 Å². The van der Waals surface area contributed by atoms with E-state index >= 15 is 0 Å². The second kappa shape index (κ2) is 8.83. The summed E-state index contributed by atoms with van der Waals surface area (Å²) in [5.41, 5.74) is 4.24. The van der Waals surface area contributed by atoms with Crippen LogP contribution >= 0.6 is 22.6 Å². The molecule has 1 amide bonds. The molecule has 2 rings (SSSR count). The maximum Gasteiger partial charge on any atom is 0.265 e. The summed E-state index contributed by atoms with van der Waals surface area (Å²) in [6.45, 7) is 6.01. The normalized spacial score (nSPS) is 17.4. The third-order valence-corrected chi connectivity index (χ3v) is 6.20. The van der Waals surface area contributed by atoms with Crippen molar-refractivity contribution in [3.05, 3.63) is 29.3 Å². The van der Waals surface area contributed by atoms with Gasteiger partial charge in [0.1, 0.15) is 0 Å². The number of hydrogen-bond acceptors (Lipinski definition) is 3. The number of carbonyl (C=O) groups is 1. The van der Waals surface area contributed by atoms with E-state index in [-0.39, 0.29) is 17.9 Å². The lowest BCUT2D eigenvalue weighted by molar-refractivity contribution is -0.120. The molecule has 0 radical (unpaired) electrons. The molecule has 4 nitrogen and oxygen atoms in total. The Kier molecular flexibility index (Phi) is 7.07. The van der Waals surface area contributed by atoms with E-state index in [1.807, 2.05) is 32.9 Å². The maximum atomic E-state index is 12.0. The van der Waals surface area contributed by atoms with Gasteiger partial charge in [-0.3, -0.25) is 4.79 Å². The molecular weight excluding hydrogens is 415 g/mol. The molecule has 1 aromatic rings. The van der Waals surface area contributed by atoms with Crippen LogP contribution in [0.1, 0.15) is 50.2 Å². The highest BCUT2D eigenvalue weighted by atomic mass is 127. The molecule has 0 aliphatic heterocycles. The zero-order chi connectivity index (χ0) is 17.6. The Balaban J connectivity index is 1.88. The van der Waals surface area contributed by atoms with Crippen molar-refractivity contribution in [2.75, 3.05) is 16.4 Å². The molecule has 0 spiro atoms. The van der Waals surface area contributed by atoms with Gasteiger partial charge < -0.3 is 10.2 Å². The smallest absolute Gasteiger partial charge is 0.265 e. The third kappa shape index (κ3) is 5.19. The third-order valence-electron chi connectivity index (χ3n) is 4.74. The van der Waals surface area contributed by atoms with Crippen molar-refractivity contribution in [1.29, 1.82) is 0 Å². The van der Waals surface area contributed by atoms with E-state index < -0.39 is 0 Å². The van der Waals surface area contributed by atoms with Gasteiger partial charge in [0.05, 0.1) is 5.71 Å². The summed E-state index contributed by atoms with van der Waals surface area (Å²) >= 11 is 2.45. The summed E-state index contributed by atoms with van der Waals surface area (Å²) in [6.07, 6.45) is 6.16. The second-order valence-electron chi connectivity index (χ2n) is 6.85. The topological polar surface area (TPSA) is 50.7 Å². The van der Waals surface area contributed by atoms with Crippen molar-refractivity contribution in [1.82, 2.24) is 0 Å². The molecule has 1 aliphatic rings. The summed E-state index contributed by atoms with van der Waals surface area (Å²) in [7, 11) is 0. The van der Waals surface area contributed by atoms with Gasteiger partial charge in [0.25, 0.3) is 5.91 Å². The molecule has 0 aromatic heterocycles. The second-order valence-corrected chi connectivity index (χ2v) is 7.61. The molecule has 1 N–H and O–H groups in total. The van der Waals surface area contributed by atoms with Crippen LogP contribution in [-0.4, -0.2) is 22.7 Å². The van der Waals surface area contributed by atoms with Gasteiger partial charge >= 0.3 is 0 Å². The molecular formula is C19H27IN2O2. The van der Waals surface area contributed by atoms with Gasteiger partial charge in [0, 0.05) is 15.5 Å². The molecule has 5 heteroatoms. The maximum absolute atomic E-state index is 12.0. The van der Waals surface area contributed by atoms with E-state index in [1.54, 1.807) is 0 Å². The van der Waals surface area contributed by atoms with E-state index in [0.717, 1.165) is 27.0 Å². The van der Waals surface area contributed by atoms with Crippen LogP contribution in [-0.2, 0) is 9.63 Å². The molecule has 0 heterocycles. The van der Waals surface area contributed by atoms with Gasteiger partial charge in [-0.15, -0.1) is 0 Å². The summed E-state index contributed by atoms with van der Waals surface area (Å²) in [5, 5.41) is 7.12. The van der Waals surface area contributed by atoms with Gasteiger partial charge in [0.15, 0.2) is 6.61 Å². The first kappa shape index (κ1) is 19.2. The van der Waals surface area contributed by atoms with E-state index in [4.69, 9.17) is 4.84 Å². The zero-order valence-electron chi connectivity index (χ0n) is 14.8. The molecule has 24 heavy (non-hydrogen) atoms. The number of amides is 1. The highest BCUT2D eigenvalue weighted by Gasteiger charge is 2.34. The number of nitrogens with one attached hydrogen (secondary N) is 1. The molecule has 1 saturated carbocycles. The highest BCUT2D eigenvalue weighted by Crippen LogP contribution is 2.39. The molecule has 0 unspecified atom stereocenters. The van der Waals surface area contributed by atoms with E-state index in [1.165, 1.54) is 32.1 Å². The van der Waals surface area contributed by atoms with Gasteiger partial charge in [-0.25, -0.2) is 0 Å². The Morgan fingerprint density at radius 1 is 1.21 bits per heavy atom. The number of halogens is 1. The predicted molar refractivity (Wildman–Crippen MR) is 108 cm³/mol. The van der Waals surface area contributed by atoms with Crippen LogP contribution < -0.4 is 5.32 Å². The van der Waals surface area contributed by atoms with E-state index in [9.17, 15) is 4.79 Å². The zero-order valence-corrected chi connectivity index (χ0v) is 17.0. The largest absolute Gasteiger partial charge is 0.386 e. The van der Waals surface area contributed by atoms with Crippen molar-refractivity contribution >= 4 is 39.9 Å². The summed E-state index contributed by atoms with van der Waals surface area (Å²) < 4.78 is 1.05. The van der Waals surface area contributed by atoms with Gasteiger partial charge in [-0.1, -0.05) is 53.1 Å². The first-order valence-electron chi connectivity index (χ1n) is 8.56. The van der Waals surface area contributed by atoms with Crippen molar-refractivity contribution in [2.45, 2.75) is 52.9 Å². The molecule has 1 aromatic carbocycles. The van der Waals surface area contributed by atoms with Crippen molar-refractivity contribution in [2.24, 2.45) is 10.6 Å². The number of carbonyl (C=O) groups excluding carboxylic acids is 1. The lowest BCUT2D eigenvalue weighted by Gasteiger charge is -2.35. The standard InChI is InChI=1S/C19H27IN2O2/c1-14-9-15(2)11-17(10-14)21-18(23)12-24-22-16(3)19(13-20)7-5-4-6-8-19/h9-11H,4-8,12-13H2,1-3H3,(H,21,23)/b22-16+. The first-order valence-corrected chi connectivity index (χ1v) is 10.1. The van der Waals surface area contributed by atoms with Crippen LogP contribution in [0.3, 0.4) is 0 Å². The fourth-order valence-corrected chi connectivity index (χ4v) is 4.66. The number of oxime groups is 1. The summed E-state index contributed by atoms with van der Waals surface area (Å²) in [4.78, 5) is 17.4. The Morgan fingerprint density at radius 3 is 2.42 bits per heavy atom. The molecule has 0 saturated heterocycles. The number of hydrogen-bond donors (Lipinski definition) is 1. The molecule has 1 fully saturated rings. The monoisotopic (exact) mass is 442 g/mol. The number of nitrogens with zero attached hydrogens (tertiary/aromatic N) is 1. The molecule has 0 atom stereocenters. The fourth-order valence-electron chi connectivity index (χ4n) is 3.35. The molecule has 0 bridgehead atoms. The Labute approximate surface area is 158 Å². The Bertz CT molecular complexity index is 587. The average molecular weight is 442 g/mol. The Hall–Kier alpha value is -1.11. The number of aryl methyl sites for hydroxylation is 2. The SMILES string of the molecule is C/C(=N\OCC(=O)Nc1cc(C)cc(C)c1)C1(CI)CCCCC1. The van der Waals surface area contributed by atoms with Crippen LogP contribution in [0.4, 0.5) is 5.69 Å². The highest BCUT2D eigenvalue weighted by molar-refractivity contribution is 14.1. The van der Waals surface area contributed by atoms with Crippen molar-refractivity contribution in [3.63, 3.8) is 0 Å². The minimum atomic E-state index is -0.177. The van der Waals surface area contributed by atoms with Crippen molar-refractivity contribution < 1.29 is 9.63 Å². The first-order chi connectivity index (χ1) is 11.4. The average Bonchev–Trinajstić information content (AvgIpc) is 2.54.